The van der Waals surface area contributed by atoms with Crippen molar-refractivity contribution in [1.82, 2.24) is 4.23 Å². The lowest BCUT2D eigenvalue weighted by atomic mass is 10.3. The summed E-state index contributed by atoms with van der Waals surface area (Å²) in [5.41, 5.74) is 0. The quantitative estimate of drug-likeness (QED) is 0.404. The Balaban J connectivity index is 3.25. The van der Waals surface area contributed by atoms with Crippen molar-refractivity contribution < 1.29 is 17.8 Å². The summed E-state index contributed by atoms with van der Waals surface area (Å²) < 4.78 is 20.7. The van der Waals surface area contributed by atoms with Gasteiger partial charge in [-0.1, -0.05) is 19.6 Å². The molecule has 0 N–H and O–H groups in total. The average Bonchev–Trinajstić information content (AvgIpc) is 2.78. The fourth-order valence-electron chi connectivity index (χ4n) is 2.04. The second kappa shape index (κ2) is 6.84. The minimum atomic E-state index is -2.82. The van der Waals surface area contributed by atoms with Crippen LogP contribution in [0.15, 0.2) is 25.0 Å². The molecule has 0 bridgehead atoms. The van der Waals surface area contributed by atoms with Crippen LogP contribution in [0.1, 0.15) is 19.2 Å². The van der Waals surface area contributed by atoms with E-state index in [4.69, 9.17) is 13.3 Å². The van der Waals surface area contributed by atoms with Crippen molar-refractivity contribution in [2.45, 2.75) is 26.3 Å². The molecule has 5 nitrogen and oxygen atoms in total. The maximum Gasteiger partial charge on any atom is 0.756 e. The van der Waals surface area contributed by atoms with E-state index in [1.807, 2.05) is 22.7 Å². The monoisotopic (exact) mass is 271 g/mol. The van der Waals surface area contributed by atoms with Crippen LogP contribution in [-0.2, 0) is 26.2 Å². The highest BCUT2D eigenvalue weighted by Crippen LogP contribution is 2.13. The van der Waals surface area contributed by atoms with Crippen molar-refractivity contribution in [2.24, 2.45) is 0 Å². The molecule has 0 radical (unpaired) electrons. The van der Waals surface area contributed by atoms with Gasteiger partial charge in [0.25, 0.3) is 0 Å². The molecule has 1 heterocycles. The Morgan fingerprint density at radius 2 is 1.94 bits per heavy atom. The van der Waals surface area contributed by atoms with Gasteiger partial charge in [-0.25, -0.2) is 8.80 Å². The Hall–Kier alpha value is -0.953. The van der Waals surface area contributed by atoms with Gasteiger partial charge >= 0.3 is 8.97 Å². The molecule has 0 unspecified atom stereocenters. The first-order valence-corrected chi connectivity index (χ1v) is 7.72. The number of imidazole rings is 1. The van der Waals surface area contributed by atoms with Crippen LogP contribution in [0.4, 0.5) is 0 Å². The van der Waals surface area contributed by atoms with Gasteiger partial charge in [-0.05, 0) is 6.42 Å². The highest BCUT2D eigenvalue weighted by atomic mass is 28.4. The molecule has 0 spiro atoms. The van der Waals surface area contributed by atoms with Gasteiger partial charge in [0.15, 0.2) is 0 Å². The van der Waals surface area contributed by atoms with Crippen molar-refractivity contribution in [3.63, 3.8) is 0 Å². The molecule has 0 aromatic carbocycles. The van der Waals surface area contributed by atoms with E-state index in [0.717, 1.165) is 25.2 Å². The van der Waals surface area contributed by atoms with E-state index in [0.29, 0.717) is 0 Å². The van der Waals surface area contributed by atoms with E-state index in [2.05, 4.69) is 18.1 Å². The SMILES string of the molecule is C=CC[n+]1ccn([Si](OC)(OC)OC)c1CCC. The van der Waals surface area contributed by atoms with Gasteiger partial charge < -0.3 is 13.3 Å². The van der Waals surface area contributed by atoms with Crippen LogP contribution >= 0.6 is 0 Å². The van der Waals surface area contributed by atoms with Crippen LogP contribution in [0.3, 0.4) is 0 Å². The van der Waals surface area contributed by atoms with Crippen LogP contribution in [0.2, 0.25) is 0 Å². The van der Waals surface area contributed by atoms with E-state index in [1.54, 1.807) is 21.3 Å². The largest absolute Gasteiger partial charge is 0.756 e. The summed E-state index contributed by atoms with van der Waals surface area (Å²) in [5, 5.41) is 0. The zero-order valence-corrected chi connectivity index (χ0v) is 12.7. The summed E-state index contributed by atoms with van der Waals surface area (Å²) in [4.78, 5) is 0. The Kier molecular flexibility index (Phi) is 5.74. The Labute approximate surface area is 110 Å². The smallest absolute Gasteiger partial charge is 0.341 e. The van der Waals surface area contributed by atoms with Gasteiger partial charge in [-0.3, -0.25) is 0 Å². The summed E-state index contributed by atoms with van der Waals surface area (Å²) in [5.74, 6) is 1.13. The van der Waals surface area contributed by atoms with Crippen molar-refractivity contribution in [1.29, 1.82) is 0 Å². The minimum absolute atomic E-state index is 0.768. The number of hydrogen-bond donors (Lipinski definition) is 0. The summed E-state index contributed by atoms with van der Waals surface area (Å²) in [6.07, 6.45) is 7.82. The van der Waals surface area contributed by atoms with Crippen LogP contribution in [-0.4, -0.2) is 34.5 Å². The number of rotatable bonds is 8. The minimum Gasteiger partial charge on any atom is -0.341 e. The third-order valence-electron chi connectivity index (χ3n) is 2.87. The molecule has 0 saturated carbocycles. The van der Waals surface area contributed by atoms with Crippen LogP contribution in [0.5, 0.6) is 0 Å². The molecule has 0 aliphatic rings. The zero-order valence-electron chi connectivity index (χ0n) is 11.7. The number of aromatic nitrogens is 2. The van der Waals surface area contributed by atoms with E-state index in [9.17, 15) is 0 Å². The lowest BCUT2D eigenvalue weighted by Gasteiger charge is -2.20. The Bertz CT molecular complexity index is 380. The van der Waals surface area contributed by atoms with Gasteiger partial charge in [0.05, 0.1) is 0 Å². The van der Waals surface area contributed by atoms with E-state index in [1.165, 1.54) is 0 Å². The molecule has 6 heteroatoms. The van der Waals surface area contributed by atoms with Crippen molar-refractivity contribution in [2.75, 3.05) is 21.3 Å². The van der Waals surface area contributed by atoms with Gasteiger partial charge in [0.2, 0.25) is 5.82 Å². The number of allylic oxidation sites excluding steroid dienone is 1. The average molecular weight is 271 g/mol. The molecule has 1 aromatic rings. The maximum absolute atomic E-state index is 5.52. The lowest BCUT2D eigenvalue weighted by Crippen LogP contribution is -2.53. The molecule has 0 atom stereocenters. The molecular weight excluding hydrogens is 248 g/mol. The Morgan fingerprint density at radius 3 is 2.39 bits per heavy atom. The number of hydrogen-bond acceptors (Lipinski definition) is 3. The third-order valence-corrected chi connectivity index (χ3v) is 5.42. The normalized spacial score (nSPS) is 11.8. The molecule has 102 valence electrons. The zero-order chi connectivity index (χ0) is 13.6. The maximum atomic E-state index is 5.52. The number of nitrogens with zero attached hydrogens (tertiary/aromatic N) is 2. The van der Waals surface area contributed by atoms with Crippen LogP contribution < -0.4 is 4.57 Å². The molecule has 1 aromatic heterocycles. The lowest BCUT2D eigenvalue weighted by molar-refractivity contribution is -0.693. The fraction of sp³-hybridized carbons (Fsp3) is 0.583. The summed E-state index contributed by atoms with van der Waals surface area (Å²) in [6, 6.07) is 0. The second-order valence-electron chi connectivity index (χ2n) is 3.91. The molecule has 1 rings (SSSR count). The molecular formula is C12H23N2O3Si+. The summed E-state index contributed by atoms with van der Waals surface area (Å²) in [6.45, 7) is 6.69. The fourth-order valence-corrected chi connectivity index (χ4v) is 3.94. The highest BCUT2D eigenvalue weighted by Gasteiger charge is 2.52. The first-order chi connectivity index (χ1) is 8.68. The van der Waals surface area contributed by atoms with E-state index < -0.39 is 8.97 Å². The molecule has 0 amide bonds. The van der Waals surface area contributed by atoms with Crippen LogP contribution in [0, 0.1) is 0 Å². The highest BCUT2D eigenvalue weighted by molar-refractivity contribution is 6.58. The first-order valence-electron chi connectivity index (χ1n) is 6.05. The van der Waals surface area contributed by atoms with Gasteiger partial charge in [-0.2, -0.15) is 0 Å². The summed E-state index contributed by atoms with van der Waals surface area (Å²) in [7, 11) is 2.03. The summed E-state index contributed by atoms with van der Waals surface area (Å²) >= 11 is 0. The molecule has 0 fully saturated rings. The van der Waals surface area contributed by atoms with Gasteiger partial charge in [0.1, 0.15) is 18.9 Å². The third kappa shape index (κ3) is 2.72. The van der Waals surface area contributed by atoms with Crippen molar-refractivity contribution >= 4 is 8.97 Å². The van der Waals surface area contributed by atoms with Gasteiger partial charge in [0, 0.05) is 27.8 Å². The molecule has 0 saturated heterocycles. The second-order valence-corrected chi connectivity index (χ2v) is 6.67. The predicted octanol–water partition coefficient (Wildman–Crippen LogP) is 1.14. The van der Waals surface area contributed by atoms with Crippen molar-refractivity contribution in [3.05, 3.63) is 30.9 Å². The van der Waals surface area contributed by atoms with E-state index in [-0.39, 0.29) is 0 Å². The molecule has 0 aliphatic heterocycles. The molecule has 18 heavy (non-hydrogen) atoms. The predicted molar refractivity (Wildman–Crippen MR) is 71.0 cm³/mol. The first kappa shape index (κ1) is 15.1. The van der Waals surface area contributed by atoms with Crippen LogP contribution in [0.25, 0.3) is 0 Å². The van der Waals surface area contributed by atoms with Gasteiger partial charge in [-0.15, -0.1) is 0 Å². The Morgan fingerprint density at radius 1 is 1.33 bits per heavy atom. The topological polar surface area (TPSA) is 36.5 Å². The molecule has 0 aliphatic carbocycles. The standard InChI is InChI=1S/C12H23N2O3Si/c1-6-8-12-13(9-7-2)10-11-14(12)18(15-3,16-4)17-5/h7,10-11H,2,6,8-9H2,1,3-5H3/q+1. The van der Waals surface area contributed by atoms with E-state index >= 15 is 0 Å². The van der Waals surface area contributed by atoms with Crippen molar-refractivity contribution in [3.8, 4) is 0 Å².